The van der Waals surface area contributed by atoms with Crippen molar-refractivity contribution in [2.45, 2.75) is 31.2 Å². The van der Waals surface area contributed by atoms with E-state index in [9.17, 15) is 30.0 Å². The quantitative estimate of drug-likeness (QED) is 0.486. The molecule has 0 atom stereocenters. The molecule has 2 aromatic carbocycles. The molecule has 0 fully saturated rings. The molecular formula is C17H17F3O7S2. The predicted octanol–water partition coefficient (Wildman–Crippen LogP) is 3.62. The monoisotopic (exact) mass is 454 g/mol. The first-order valence-corrected chi connectivity index (χ1v) is 10.7. The van der Waals surface area contributed by atoms with Crippen LogP contribution >= 0.6 is 0 Å². The minimum absolute atomic E-state index is 0.0853. The summed E-state index contributed by atoms with van der Waals surface area (Å²) in [6, 6.07) is 6.39. The van der Waals surface area contributed by atoms with Crippen LogP contribution in [0.25, 0.3) is 0 Å². The molecule has 29 heavy (non-hydrogen) atoms. The van der Waals surface area contributed by atoms with Crippen LogP contribution < -0.4 is 13.1 Å². The third-order valence-electron chi connectivity index (χ3n) is 3.88. The summed E-state index contributed by atoms with van der Waals surface area (Å²) < 4.78 is 100.0. The van der Waals surface area contributed by atoms with E-state index in [4.69, 9.17) is 8.92 Å². The van der Waals surface area contributed by atoms with Crippen LogP contribution in [0.2, 0.25) is 0 Å². The van der Waals surface area contributed by atoms with Crippen molar-refractivity contribution < 1.29 is 43.1 Å². The molecule has 2 rings (SSSR count). The Kier molecular flexibility index (Phi) is 6.09. The van der Waals surface area contributed by atoms with Crippen molar-refractivity contribution in [1.82, 2.24) is 0 Å². The Balaban J connectivity index is 2.57. The third kappa shape index (κ3) is 4.75. The molecule has 0 spiro atoms. The van der Waals surface area contributed by atoms with E-state index in [2.05, 4.69) is 4.18 Å². The molecule has 0 aliphatic carbocycles. The minimum atomic E-state index is -5.99. The first kappa shape index (κ1) is 22.8. The first-order valence-electron chi connectivity index (χ1n) is 7.89. The summed E-state index contributed by atoms with van der Waals surface area (Å²) in [5, 5.41) is 0. The van der Waals surface area contributed by atoms with Gasteiger partial charge in [-0.25, -0.2) is 0 Å². The maximum atomic E-state index is 12.7. The number of hydrogen-bond acceptors (Lipinski definition) is 7. The maximum absolute atomic E-state index is 12.7. The lowest BCUT2D eigenvalue weighted by Crippen LogP contribution is -2.28. The standard InChI is InChI=1S/C17H17F3O7S2/c1-10-5-7-13(8-6-10)28(21,22)26-14-9-15(12(3)16(25-4)11(14)2)27-29(23,24)17(18,19)20/h5-9H,1-4H3. The van der Waals surface area contributed by atoms with Gasteiger partial charge in [-0.2, -0.15) is 30.0 Å². The summed E-state index contributed by atoms with van der Waals surface area (Å²) in [7, 11) is -9.17. The molecule has 0 heterocycles. The summed E-state index contributed by atoms with van der Waals surface area (Å²) in [6.45, 7) is 4.40. The van der Waals surface area contributed by atoms with Gasteiger partial charge in [0.15, 0.2) is 11.5 Å². The van der Waals surface area contributed by atoms with Crippen molar-refractivity contribution in [3.63, 3.8) is 0 Å². The molecule has 0 bridgehead atoms. The second-order valence-corrected chi connectivity index (χ2v) is 9.07. The number of hydrogen-bond donors (Lipinski definition) is 0. The van der Waals surface area contributed by atoms with E-state index < -0.39 is 37.2 Å². The van der Waals surface area contributed by atoms with Crippen LogP contribution in [0.1, 0.15) is 16.7 Å². The van der Waals surface area contributed by atoms with Gasteiger partial charge in [-0.05, 0) is 32.9 Å². The van der Waals surface area contributed by atoms with E-state index in [1.165, 1.54) is 45.2 Å². The van der Waals surface area contributed by atoms with Crippen molar-refractivity contribution >= 4 is 20.2 Å². The van der Waals surface area contributed by atoms with Crippen LogP contribution in [0.4, 0.5) is 13.2 Å². The lowest BCUT2D eigenvalue weighted by atomic mass is 10.1. The smallest absolute Gasteiger partial charge is 0.496 e. The van der Waals surface area contributed by atoms with Crippen molar-refractivity contribution in [2.24, 2.45) is 0 Å². The SMILES string of the molecule is COc1c(C)c(OS(=O)(=O)c2ccc(C)cc2)cc(OS(=O)(=O)C(F)(F)F)c1C. The highest BCUT2D eigenvalue weighted by Gasteiger charge is 2.49. The molecule has 7 nitrogen and oxygen atoms in total. The average Bonchev–Trinajstić information content (AvgIpc) is 2.58. The molecule has 2 aromatic rings. The Morgan fingerprint density at radius 1 is 0.828 bits per heavy atom. The fraction of sp³-hybridized carbons (Fsp3) is 0.294. The van der Waals surface area contributed by atoms with Gasteiger partial charge in [0.05, 0.1) is 7.11 Å². The van der Waals surface area contributed by atoms with Crippen molar-refractivity contribution in [3.05, 3.63) is 47.0 Å². The zero-order valence-corrected chi connectivity index (χ0v) is 17.3. The number of halogens is 3. The normalized spacial score (nSPS) is 12.5. The van der Waals surface area contributed by atoms with Crippen LogP contribution in [0.15, 0.2) is 35.2 Å². The van der Waals surface area contributed by atoms with E-state index in [1.807, 2.05) is 0 Å². The average molecular weight is 454 g/mol. The number of benzene rings is 2. The second kappa shape index (κ2) is 7.75. The van der Waals surface area contributed by atoms with Crippen LogP contribution in [-0.2, 0) is 20.2 Å². The summed E-state index contributed by atoms with van der Waals surface area (Å²) in [5.41, 5.74) is -4.84. The Bertz CT molecular complexity index is 1120. The van der Waals surface area contributed by atoms with Gasteiger partial charge >= 0.3 is 25.7 Å². The van der Waals surface area contributed by atoms with E-state index in [0.29, 0.717) is 0 Å². The number of rotatable bonds is 6. The van der Waals surface area contributed by atoms with E-state index in [-0.39, 0.29) is 21.8 Å². The minimum Gasteiger partial charge on any atom is -0.496 e. The molecule has 0 amide bonds. The van der Waals surface area contributed by atoms with E-state index in [1.54, 1.807) is 6.92 Å². The Labute approximate surface area is 166 Å². The molecule has 0 unspecified atom stereocenters. The van der Waals surface area contributed by atoms with Gasteiger partial charge in [0.2, 0.25) is 0 Å². The second-order valence-electron chi connectivity index (χ2n) is 5.99. The number of ether oxygens (including phenoxy) is 1. The summed E-state index contributed by atoms with van der Waals surface area (Å²) in [6.07, 6.45) is 0. The topological polar surface area (TPSA) is 96.0 Å². The predicted molar refractivity (Wildman–Crippen MR) is 97.1 cm³/mol. The highest BCUT2D eigenvalue weighted by atomic mass is 32.2. The molecule has 0 N–H and O–H groups in total. The summed E-state index contributed by atoms with van der Waals surface area (Å²) in [5.74, 6) is -1.31. The number of aryl methyl sites for hydroxylation is 1. The van der Waals surface area contributed by atoms with Crippen LogP contribution in [0.5, 0.6) is 17.2 Å². The zero-order valence-electron chi connectivity index (χ0n) is 15.7. The molecule has 0 saturated carbocycles. The van der Waals surface area contributed by atoms with Gasteiger partial charge in [-0.1, -0.05) is 17.7 Å². The fourth-order valence-corrected chi connectivity index (χ4v) is 3.84. The van der Waals surface area contributed by atoms with Crippen molar-refractivity contribution in [3.8, 4) is 17.2 Å². The molecule has 0 aromatic heterocycles. The maximum Gasteiger partial charge on any atom is 0.534 e. The Morgan fingerprint density at radius 2 is 1.31 bits per heavy atom. The lowest BCUT2D eigenvalue weighted by molar-refractivity contribution is -0.0500. The molecule has 0 aliphatic rings. The highest BCUT2D eigenvalue weighted by Crippen LogP contribution is 2.41. The van der Waals surface area contributed by atoms with Crippen LogP contribution in [-0.4, -0.2) is 29.5 Å². The van der Waals surface area contributed by atoms with Gasteiger partial charge in [-0.15, -0.1) is 0 Å². The van der Waals surface area contributed by atoms with Gasteiger partial charge in [0, 0.05) is 17.2 Å². The highest BCUT2D eigenvalue weighted by molar-refractivity contribution is 7.88. The molecular weight excluding hydrogens is 437 g/mol. The molecule has 0 radical (unpaired) electrons. The van der Waals surface area contributed by atoms with Crippen molar-refractivity contribution in [2.75, 3.05) is 7.11 Å². The van der Waals surface area contributed by atoms with Gasteiger partial charge < -0.3 is 13.1 Å². The van der Waals surface area contributed by atoms with E-state index >= 15 is 0 Å². The number of methoxy groups -OCH3 is 1. The van der Waals surface area contributed by atoms with E-state index in [0.717, 1.165) is 11.6 Å². The van der Waals surface area contributed by atoms with Crippen LogP contribution in [0.3, 0.4) is 0 Å². The van der Waals surface area contributed by atoms with Gasteiger partial charge in [-0.3, -0.25) is 0 Å². The van der Waals surface area contributed by atoms with Crippen LogP contribution in [0, 0.1) is 20.8 Å². The third-order valence-corrected chi connectivity index (χ3v) is 6.09. The van der Waals surface area contributed by atoms with Gasteiger partial charge in [0.25, 0.3) is 0 Å². The molecule has 0 aliphatic heterocycles. The summed E-state index contributed by atoms with van der Waals surface area (Å²) in [4.78, 5) is -0.201. The Hall–Kier alpha value is -2.47. The largest absolute Gasteiger partial charge is 0.534 e. The number of alkyl halides is 3. The fourth-order valence-electron chi connectivity index (χ4n) is 2.36. The zero-order chi connectivity index (χ0) is 22.2. The summed E-state index contributed by atoms with van der Waals surface area (Å²) >= 11 is 0. The van der Waals surface area contributed by atoms with Crippen molar-refractivity contribution in [1.29, 1.82) is 0 Å². The van der Waals surface area contributed by atoms with Gasteiger partial charge in [0.1, 0.15) is 10.6 Å². The lowest BCUT2D eigenvalue weighted by Gasteiger charge is -2.18. The first-order chi connectivity index (χ1) is 13.2. The molecule has 12 heteroatoms. The Morgan fingerprint density at radius 3 is 1.76 bits per heavy atom. The molecule has 0 saturated heterocycles. The molecule has 160 valence electrons.